The van der Waals surface area contributed by atoms with Crippen molar-refractivity contribution >= 4 is 6.09 Å². The maximum absolute atomic E-state index is 12.5. The lowest BCUT2D eigenvalue weighted by atomic mass is 9.82. The van der Waals surface area contributed by atoms with Gasteiger partial charge in [-0.3, -0.25) is 0 Å². The molecule has 3 atom stereocenters. The molecule has 21 heavy (non-hydrogen) atoms. The standard InChI is InChI=1S/C14H25F3N2O2/c1-9-8-19(12(20)21-13(2,3)4)6-5-10(9)7-11(18)14(15,16)17/h9-11H,5-8,18H2,1-4H3. The van der Waals surface area contributed by atoms with E-state index in [1.807, 2.05) is 6.92 Å². The number of halogens is 3. The van der Waals surface area contributed by atoms with Gasteiger partial charge in [0, 0.05) is 13.1 Å². The molecule has 0 saturated carbocycles. The summed E-state index contributed by atoms with van der Waals surface area (Å²) in [6.45, 7) is 8.01. The minimum absolute atomic E-state index is 0.0281. The normalized spacial score (nSPS) is 25.6. The Hall–Kier alpha value is -0.980. The quantitative estimate of drug-likeness (QED) is 0.852. The van der Waals surface area contributed by atoms with E-state index >= 15 is 0 Å². The molecular weight excluding hydrogens is 285 g/mol. The van der Waals surface area contributed by atoms with E-state index in [9.17, 15) is 18.0 Å². The van der Waals surface area contributed by atoms with Gasteiger partial charge >= 0.3 is 12.3 Å². The number of piperidine rings is 1. The van der Waals surface area contributed by atoms with E-state index in [0.717, 1.165) is 0 Å². The van der Waals surface area contributed by atoms with Crippen LogP contribution in [0.2, 0.25) is 0 Å². The molecule has 0 aromatic carbocycles. The van der Waals surface area contributed by atoms with Gasteiger partial charge in [-0.05, 0) is 45.4 Å². The molecule has 0 aromatic heterocycles. The molecule has 1 fully saturated rings. The molecule has 0 bridgehead atoms. The van der Waals surface area contributed by atoms with Gasteiger partial charge in [0.25, 0.3) is 0 Å². The Balaban J connectivity index is 2.53. The molecule has 4 nitrogen and oxygen atoms in total. The van der Waals surface area contributed by atoms with Gasteiger partial charge in [0.05, 0.1) is 0 Å². The van der Waals surface area contributed by atoms with E-state index < -0.39 is 23.9 Å². The van der Waals surface area contributed by atoms with Crippen LogP contribution in [-0.4, -0.2) is 41.9 Å². The number of nitrogens with two attached hydrogens (primary N) is 1. The summed E-state index contributed by atoms with van der Waals surface area (Å²) in [5.41, 5.74) is 4.62. The predicted octanol–water partition coefficient (Wildman–Crippen LogP) is 3.16. The molecule has 3 unspecified atom stereocenters. The van der Waals surface area contributed by atoms with Crippen molar-refractivity contribution in [1.29, 1.82) is 0 Å². The second-order valence-electron chi connectivity index (χ2n) is 6.84. The summed E-state index contributed by atoms with van der Waals surface area (Å²) < 4.78 is 42.8. The lowest BCUT2D eigenvalue weighted by Gasteiger charge is -2.38. The van der Waals surface area contributed by atoms with Crippen molar-refractivity contribution in [3.05, 3.63) is 0 Å². The number of nitrogens with zero attached hydrogens (tertiary/aromatic N) is 1. The number of hydrogen-bond donors (Lipinski definition) is 1. The van der Waals surface area contributed by atoms with E-state index in [0.29, 0.717) is 19.5 Å². The van der Waals surface area contributed by atoms with Gasteiger partial charge in [-0.25, -0.2) is 4.79 Å². The number of rotatable bonds is 2. The van der Waals surface area contributed by atoms with Crippen molar-refractivity contribution in [1.82, 2.24) is 4.90 Å². The first-order chi connectivity index (χ1) is 9.40. The van der Waals surface area contributed by atoms with Crippen LogP contribution < -0.4 is 5.73 Å². The van der Waals surface area contributed by atoms with Crippen LogP contribution >= 0.6 is 0 Å². The Kier molecular flexibility index (Phi) is 5.52. The molecule has 0 spiro atoms. The lowest BCUT2D eigenvalue weighted by molar-refractivity contribution is -0.153. The summed E-state index contributed by atoms with van der Waals surface area (Å²) in [5.74, 6) is -0.153. The summed E-state index contributed by atoms with van der Waals surface area (Å²) in [6.07, 6.45) is -4.34. The average molecular weight is 310 g/mol. The van der Waals surface area contributed by atoms with Gasteiger partial charge in [0.2, 0.25) is 0 Å². The molecule has 124 valence electrons. The van der Waals surface area contributed by atoms with Crippen LogP contribution in [0.5, 0.6) is 0 Å². The van der Waals surface area contributed by atoms with Gasteiger partial charge < -0.3 is 15.4 Å². The van der Waals surface area contributed by atoms with Crippen LogP contribution in [0, 0.1) is 11.8 Å². The zero-order valence-electron chi connectivity index (χ0n) is 13.0. The first-order valence-electron chi connectivity index (χ1n) is 7.20. The summed E-state index contributed by atoms with van der Waals surface area (Å²) in [6, 6.07) is -1.79. The molecule has 1 rings (SSSR count). The van der Waals surface area contributed by atoms with Crippen molar-refractivity contribution in [2.24, 2.45) is 17.6 Å². The van der Waals surface area contributed by atoms with Gasteiger partial charge in [-0.2, -0.15) is 13.2 Å². The van der Waals surface area contributed by atoms with Crippen LogP contribution in [-0.2, 0) is 4.74 Å². The Morgan fingerprint density at radius 1 is 1.38 bits per heavy atom. The third kappa shape index (κ3) is 5.73. The Labute approximate surface area is 123 Å². The van der Waals surface area contributed by atoms with E-state index in [1.54, 1.807) is 25.7 Å². The molecular formula is C14H25F3N2O2. The number of likely N-dealkylation sites (tertiary alicyclic amines) is 1. The molecule has 1 aliphatic rings. The van der Waals surface area contributed by atoms with Crippen molar-refractivity contribution < 1.29 is 22.7 Å². The highest BCUT2D eigenvalue weighted by Gasteiger charge is 2.40. The zero-order valence-corrected chi connectivity index (χ0v) is 13.0. The summed E-state index contributed by atoms with van der Waals surface area (Å²) >= 11 is 0. The molecule has 1 saturated heterocycles. The average Bonchev–Trinajstić information content (AvgIpc) is 2.28. The van der Waals surface area contributed by atoms with E-state index in [4.69, 9.17) is 10.5 Å². The smallest absolute Gasteiger partial charge is 0.410 e. The van der Waals surface area contributed by atoms with Crippen molar-refractivity contribution in [2.75, 3.05) is 13.1 Å². The SMILES string of the molecule is CC1CN(C(=O)OC(C)(C)C)CCC1CC(N)C(F)(F)F. The van der Waals surface area contributed by atoms with Crippen molar-refractivity contribution in [3.8, 4) is 0 Å². The van der Waals surface area contributed by atoms with Gasteiger partial charge in [0.1, 0.15) is 11.6 Å². The highest BCUT2D eigenvalue weighted by molar-refractivity contribution is 5.68. The second-order valence-corrected chi connectivity index (χ2v) is 6.84. The minimum Gasteiger partial charge on any atom is -0.444 e. The number of carbonyl (C=O) groups excluding carboxylic acids is 1. The molecule has 0 aromatic rings. The Bertz CT molecular complexity index is 366. The third-order valence-corrected chi connectivity index (χ3v) is 3.71. The molecule has 0 aliphatic carbocycles. The van der Waals surface area contributed by atoms with Crippen LogP contribution in [0.15, 0.2) is 0 Å². The third-order valence-electron chi connectivity index (χ3n) is 3.71. The molecule has 1 aliphatic heterocycles. The van der Waals surface area contributed by atoms with Crippen molar-refractivity contribution in [2.45, 2.75) is 58.4 Å². The molecule has 7 heteroatoms. The Morgan fingerprint density at radius 2 is 1.95 bits per heavy atom. The number of ether oxygens (including phenoxy) is 1. The molecule has 1 amide bonds. The van der Waals surface area contributed by atoms with Crippen LogP contribution in [0.1, 0.15) is 40.5 Å². The fourth-order valence-electron chi connectivity index (χ4n) is 2.50. The van der Waals surface area contributed by atoms with Gasteiger partial charge in [-0.15, -0.1) is 0 Å². The summed E-state index contributed by atoms with van der Waals surface area (Å²) in [7, 11) is 0. The summed E-state index contributed by atoms with van der Waals surface area (Å²) in [4.78, 5) is 13.5. The maximum atomic E-state index is 12.5. The van der Waals surface area contributed by atoms with E-state index in [-0.39, 0.29) is 18.3 Å². The monoisotopic (exact) mass is 310 g/mol. The maximum Gasteiger partial charge on any atom is 0.410 e. The number of amides is 1. The fraction of sp³-hybridized carbons (Fsp3) is 0.929. The first kappa shape index (κ1) is 18.1. The van der Waals surface area contributed by atoms with Crippen molar-refractivity contribution in [3.63, 3.8) is 0 Å². The largest absolute Gasteiger partial charge is 0.444 e. The zero-order chi connectivity index (χ0) is 16.4. The number of hydrogen-bond acceptors (Lipinski definition) is 3. The van der Waals surface area contributed by atoms with E-state index in [1.165, 1.54) is 0 Å². The van der Waals surface area contributed by atoms with Gasteiger partial charge in [0.15, 0.2) is 0 Å². The topological polar surface area (TPSA) is 55.6 Å². The lowest BCUT2D eigenvalue weighted by Crippen LogP contribution is -2.47. The second kappa shape index (κ2) is 6.42. The van der Waals surface area contributed by atoms with Crippen LogP contribution in [0.3, 0.4) is 0 Å². The number of alkyl halides is 3. The molecule has 1 heterocycles. The molecule has 2 N–H and O–H groups in total. The van der Waals surface area contributed by atoms with Gasteiger partial charge in [-0.1, -0.05) is 6.92 Å². The number of carbonyl (C=O) groups is 1. The van der Waals surface area contributed by atoms with E-state index in [2.05, 4.69) is 0 Å². The predicted molar refractivity (Wildman–Crippen MR) is 73.7 cm³/mol. The fourth-order valence-corrected chi connectivity index (χ4v) is 2.50. The minimum atomic E-state index is -4.36. The summed E-state index contributed by atoms with van der Waals surface area (Å²) in [5, 5.41) is 0. The Morgan fingerprint density at radius 3 is 2.38 bits per heavy atom. The highest BCUT2D eigenvalue weighted by Crippen LogP contribution is 2.32. The van der Waals surface area contributed by atoms with Crippen LogP contribution in [0.25, 0.3) is 0 Å². The van der Waals surface area contributed by atoms with Crippen LogP contribution in [0.4, 0.5) is 18.0 Å². The highest BCUT2D eigenvalue weighted by atomic mass is 19.4. The molecule has 0 radical (unpaired) electrons. The first-order valence-corrected chi connectivity index (χ1v) is 7.20.